The molecular weight excluding hydrogens is 419 g/mol. The van der Waals surface area contributed by atoms with Crippen LogP contribution in [0.3, 0.4) is 0 Å². The number of aliphatic hydroxyl groups excluding tert-OH is 2. The highest BCUT2D eigenvalue weighted by molar-refractivity contribution is 5.77. The molecule has 1 aromatic carbocycles. The number of hydrogen-bond acceptors (Lipinski definition) is 7. The minimum absolute atomic E-state index is 0.0982. The summed E-state index contributed by atoms with van der Waals surface area (Å²) in [6.07, 6.45) is -6.65. The van der Waals surface area contributed by atoms with Gasteiger partial charge in [-0.1, -0.05) is 6.07 Å². The monoisotopic (exact) mass is 447 g/mol. The third-order valence-electron chi connectivity index (χ3n) is 5.69. The van der Waals surface area contributed by atoms with Crippen molar-refractivity contribution >= 4 is 11.6 Å². The molecule has 3 rings (SSSR count). The molecule has 1 aromatic rings. The average Bonchev–Trinajstić information content (AvgIpc) is 3.07. The molecule has 0 spiro atoms. The maximum Gasteiger partial charge on any atom is 0.416 e. The van der Waals surface area contributed by atoms with Crippen LogP contribution in [0.5, 0.6) is 0 Å². The molecule has 174 valence electrons. The fourth-order valence-corrected chi connectivity index (χ4v) is 4.15. The van der Waals surface area contributed by atoms with Crippen molar-refractivity contribution in [2.75, 3.05) is 57.9 Å². The second-order valence-electron chi connectivity index (χ2n) is 7.68. The first-order valence-electron chi connectivity index (χ1n) is 10.1. The number of ether oxygens (including phenoxy) is 2. The van der Waals surface area contributed by atoms with Gasteiger partial charge in [0.1, 0.15) is 18.8 Å². The number of benzene rings is 1. The largest absolute Gasteiger partial charge is 0.416 e. The number of carbonyl (C=O) groups excluding carboxylic acids is 1. The normalized spacial score (nSPS) is 27.5. The number of nitrogens with one attached hydrogen (secondary N) is 1. The van der Waals surface area contributed by atoms with Gasteiger partial charge in [-0.3, -0.25) is 9.69 Å². The Balaban J connectivity index is 1.64. The van der Waals surface area contributed by atoms with Crippen molar-refractivity contribution in [2.45, 2.75) is 30.5 Å². The molecule has 0 bridgehead atoms. The van der Waals surface area contributed by atoms with Gasteiger partial charge in [-0.25, -0.2) is 0 Å². The third-order valence-corrected chi connectivity index (χ3v) is 5.69. The molecule has 0 aromatic heterocycles. The number of alkyl halides is 3. The molecule has 2 aliphatic rings. The fraction of sp³-hybridized carbons (Fsp3) is 0.650. The van der Waals surface area contributed by atoms with Crippen LogP contribution < -0.4 is 10.2 Å². The maximum atomic E-state index is 13.0. The van der Waals surface area contributed by atoms with Crippen molar-refractivity contribution in [2.24, 2.45) is 0 Å². The van der Waals surface area contributed by atoms with Crippen LogP contribution in [0.1, 0.15) is 5.56 Å². The Morgan fingerprint density at radius 2 is 1.97 bits per heavy atom. The topological polar surface area (TPSA) is 94.5 Å². The summed E-state index contributed by atoms with van der Waals surface area (Å²) in [5.74, 6) is -0.318. The standard InChI is InChI=1S/C20H28F3N3O5/c1-30-12-17(28)24-10-15-18(19(29)16(11-27)31-15)26-7-5-25(6-8-26)14-4-2-3-13(9-14)20(21,22)23/h2-4,9,15-16,18-19,27,29H,5-8,10-12H2,1H3,(H,24,28)/t15-,16-,18-,19+/m0/s1. The smallest absolute Gasteiger partial charge is 0.394 e. The highest BCUT2D eigenvalue weighted by atomic mass is 19.4. The lowest BCUT2D eigenvalue weighted by Crippen LogP contribution is -2.57. The van der Waals surface area contributed by atoms with Crippen molar-refractivity contribution in [3.63, 3.8) is 0 Å². The van der Waals surface area contributed by atoms with Crippen LogP contribution in [0.4, 0.5) is 18.9 Å². The molecular formula is C20H28F3N3O5. The molecule has 1 amide bonds. The van der Waals surface area contributed by atoms with Crippen LogP contribution in [0.15, 0.2) is 24.3 Å². The molecule has 8 nitrogen and oxygen atoms in total. The molecule has 4 atom stereocenters. The van der Waals surface area contributed by atoms with Crippen LogP contribution in [0, 0.1) is 0 Å². The van der Waals surface area contributed by atoms with E-state index in [9.17, 15) is 28.2 Å². The third kappa shape index (κ3) is 5.66. The number of carbonyl (C=O) groups is 1. The van der Waals surface area contributed by atoms with E-state index in [2.05, 4.69) is 5.32 Å². The Morgan fingerprint density at radius 3 is 2.58 bits per heavy atom. The highest BCUT2D eigenvalue weighted by Gasteiger charge is 2.46. The van der Waals surface area contributed by atoms with E-state index in [1.54, 1.807) is 6.07 Å². The SMILES string of the molecule is COCC(=O)NC[C@@H]1O[C@@H](CO)[C@@H](O)[C@H]1N1CCN(c2cccc(C(F)(F)F)c2)CC1. The number of amides is 1. The summed E-state index contributed by atoms with van der Waals surface area (Å²) >= 11 is 0. The van der Waals surface area contributed by atoms with E-state index in [0.29, 0.717) is 31.9 Å². The maximum absolute atomic E-state index is 13.0. The summed E-state index contributed by atoms with van der Waals surface area (Å²) < 4.78 is 49.6. The average molecular weight is 447 g/mol. The Hall–Kier alpha value is -1.92. The van der Waals surface area contributed by atoms with Gasteiger partial charge in [-0.2, -0.15) is 13.2 Å². The first kappa shape index (κ1) is 23.7. The van der Waals surface area contributed by atoms with E-state index in [1.165, 1.54) is 13.2 Å². The molecule has 11 heteroatoms. The summed E-state index contributed by atoms with van der Waals surface area (Å²) in [7, 11) is 1.41. The summed E-state index contributed by atoms with van der Waals surface area (Å²) in [6, 6.07) is 4.77. The fourth-order valence-electron chi connectivity index (χ4n) is 4.15. The number of nitrogens with zero attached hydrogens (tertiary/aromatic N) is 2. The molecule has 31 heavy (non-hydrogen) atoms. The predicted molar refractivity (Wildman–Crippen MR) is 106 cm³/mol. The Morgan fingerprint density at radius 1 is 1.26 bits per heavy atom. The first-order valence-corrected chi connectivity index (χ1v) is 10.1. The number of methoxy groups -OCH3 is 1. The number of hydrogen-bond donors (Lipinski definition) is 3. The number of piperazine rings is 1. The lowest BCUT2D eigenvalue weighted by atomic mass is 10.0. The lowest BCUT2D eigenvalue weighted by Gasteiger charge is -2.41. The van der Waals surface area contributed by atoms with Crippen LogP contribution >= 0.6 is 0 Å². The lowest BCUT2D eigenvalue weighted by molar-refractivity contribution is -0.137. The zero-order valence-corrected chi connectivity index (χ0v) is 17.2. The van der Waals surface area contributed by atoms with Crippen molar-refractivity contribution in [1.29, 1.82) is 0 Å². The van der Waals surface area contributed by atoms with Crippen molar-refractivity contribution in [1.82, 2.24) is 10.2 Å². The van der Waals surface area contributed by atoms with Gasteiger partial charge in [-0.05, 0) is 18.2 Å². The van der Waals surface area contributed by atoms with E-state index in [4.69, 9.17) is 9.47 Å². The zero-order valence-electron chi connectivity index (χ0n) is 17.2. The number of aliphatic hydroxyl groups is 2. The molecule has 2 saturated heterocycles. The van der Waals surface area contributed by atoms with E-state index in [-0.39, 0.29) is 25.7 Å². The van der Waals surface area contributed by atoms with Gasteiger partial charge in [0, 0.05) is 45.5 Å². The van der Waals surface area contributed by atoms with Crippen LogP contribution in [0.25, 0.3) is 0 Å². The molecule has 2 heterocycles. The first-order chi connectivity index (χ1) is 14.7. The van der Waals surface area contributed by atoms with E-state index < -0.39 is 36.1 Å². The van der Waals surface area contributed by atoms with E-state index in [0.717, 1.165) is 12.1 Å². The predicted octanol–water partition coefficient (Wildman–Crippen LogP) is 0.0792. The zero-order chi connectivity index (χ0) is 22.6. The molecule has 2 aliphatic heterocycles. The van der Waals surface area contributed by atoms with Crippen molar-refractivity contribution < 1.29 is 37.7 Å². The Kier molecular flexibility index (Phi) is 7.76. The number of rotatable bonds is 7. The Labute approximate surface area is 178 Å². The molecule has 0 aliphatic carbocycles. The molecule has 0 saturated carbocycles. The molecule has 0 unspecified atom stereocenters. The van der Waals surface area contributed by atoms with Gasteiger partial charge in [0.25, 0.3) is 0 Å². The summed E-state index contributed by atoms with van der Waals surface area (Å²) in [5.41, 5.74) is -0.195. The minimum atomic E-state index is -4.40. The van der Waals surface area contributed by atoms with E-state index >= 15 is 0 Å². The molecule has 2 fully saturated rings. The van der Waals surface area contributed by atoms with Gasteiger partial charge in [0.15, 0.2) is 0 Å². The highest BCUT2D eigenvalue weighted by Crippen LogP contribution is 2.32. The summed E-state index contributed by atoms with van der Waals surface area (Å²) in [5, 5.41) is 22.8. The van der Waals surface area contributed by atoms with Crippen LogP contribution in [0.2, 0.25) is 0 Å². The van der Waals surface area contributed by atoms with Crippen molar-refractivity contribution in [3.05, 3.63) is 29.8 Å². The van der Waals surface area contributed by atoms with Gasteiger partial charge in [-0.15, -0.1) is 0 Å². The quantitative estimate of drug-likeness (QED) is 0.545. The van der Waals surface area contributed by atoms with Gasteiger partial charge < -0.3 is 29.9 Å². The molecule has 3 N–H and O–H groups in total. The van der Waals surface area contributed by atoms with E-state index in [1.807, 2.05) is 9.80 Å². The number of anilines is 1. The van der Waals surface area contributed by atoms with Gasteiger partial charge in [0.2, 0.25) is 5.91 Å². The van der Waals surface area contributed by atoms with Crippen molar-refractivity contribution in [3.8, 4) is 0 Å². The minimum Gasteiger partial charge on any atom is -0.394 e. The summed E-state index contributed by atoms with van der Waals surface area (Å²) in [6.45, 7) is 1.61. The van der Waals surface area contributed by atoms with Gasteiger partial charge in [0.05, 0.1) is 24.3 Å². The number of halogens is 3. The van der Waals surface area contributed by atoms with Crippen LogP contribution in [-0.2, 0) is 20.4 Å². The van der Waals surface area contributed by atoms with Gasteiger partial charge >= 0.3 is 6.18 Å². The van der Waals surface area contributed by atoms with Crippen LogP contribution in [-0.4, -0.2) is 98.4 Å². The second-order valence-corrected chi connectivity index (χ2v) is 7.68. The Bertz CT molecular complexity index is 743. The second kappa shape index (κ2) is 10.1. The summed E-state index contributed by atoms with van der Waals surface area (Å²) in [4.78, 5) is 15.6. The molecule has 0 radical (unpaired) electrons.